The summed E-state index contributed by atoms with van der Waals surface area (Å²) in [5.74, 6) is -6.69. The van der Waals surface area contributed by atoms with Gasteiger partial charge in [-0.05, 0) is 60.6 Å². The first-order valence-corrected chi connectivity index (χ1v) is 19.9. The lowest BCUT2D eigenvalue weighted by molar-refractivity contribution is -0.143. The Kier molecular flexibility index (Phi) is 15.0. The molecule has 2 aliphatic carbocycles. The fraction of sp³-hybridized carbons (Fsp3) is 0.386. The van der Waals surface area contributed by atoms with E-state index in [0.717, 1.165) is 20.9 Å². The Morgan fingerprint density at radius 2 is 1.57 bits per heavy atom. The summed E-state index contributed by atoms with van der Waals surface area (Å²) in [5, 5.41) is 51.7. The highest BCUT2D eigenvalue weighted by Crippen LogP contribution is 2.36. The van der Waals surface area contributed by atoms with Gasteiger partial charge in [0.1, 0.15) is 36.0 Å². The molecule has 61 heavy (non-hydrogen) atoms. The maximum Gasteiger partial charge on any atom is 0.326 e. The lowest BCUT2D eigenvalue weighted by Gasteiger charge is -2.36. The average molecular weight is 841 g/mol. The number of amides is 6. The van der Waals surface area contributed by atoms with E-state index in [9.17, 15) is 54.0 Å². The first-order valence-electron chi connectivity index (χ1n) is 19.9. The number of nitrogens with one attached hydrogen (secondary N) is 4. The van der Waals surface area contributed by atoms with Crippen LogP contribution in [0.4, 0.5) is 0 Å². The molecule has 0 aromatic heterocycles. The smallest absolute Gasteiger partial charge is 0.326 e. The quantitative estimate of drug-likeness (QED) is 0.147. The zero-order valence-corrected chi connectivity index (χ0v) is 34.3. The zero-order chi connectivity index (χ0) is 44.5. The van der Waals surface area contributed by atoms with Gasteiger partial charge in [0.15, 0.2) is 0 Å². The van der Waals surface area contributed by atoms with E-state index < -0.39 is 96.8 Å². The van der Waals surface area contributed by atoms with E-state index in [1.54, 1.807) is 24.3 Å². The van der Waals surface area contributed by atoms with E-state index in [0.29, 0.717) is 16.7 Å². The maximum atomic E-state index is 13.9. The predicted molar refractivity (Wildman–Crippen MR) is 222 cm³/mol. The van der Waals surface area contributed by atoms with Gasteiger partial charge in [-0.2, -0.15) is 0 Å². The topological polar surface area (TPSA) is 255 Å². The number of hydrogen-bond acceptors (Lipinski definition) is 10. The predicted octanol–water partition coefficient (Wildman–Crippen LogP) is 0.647. The van der Waals surface area contributed by atoms with Crippen molar-refractivity contribution >= 4 is 41.4 Å². The van der Waals surface area contributed by atoms with Gasteiger partial charge in [0, 0.05) is 32.0 Å². The number of nitrogens with zero attached hydrogens (tertiary/aromatic N) is 2. The zero-order valence-electron chi connectivity index (χ0n) is 34.3. The van der Waals surface area contributed by atoms with Crippen LogP contribution in [0.2, 0.25) is 0 Å². The third kappa shape index (κ3) is 11.2. The number of allylic oxidation sites excluding steroid dienone is 2. The molecule has 4 bridgehead atoms. The summed E-state index contributed by atoms with van der Waals surface area (Å²) in [7, 11) is 2.68. The number of fused-ring (bicyclic) bond motifs is 4. The highest BCUT2D eigenvalue weighted by molar-refractivity contribution is 5.96. The maximum absolute atomic E-state index is 13.9. The van der Waals surface area contributed by atoms with Crippen molar-refractivity contribution in [2.24, 2.45) is 5.92 Å². The van der Waals surface area contributed by atoms with Crippen LogP contribution in [0, 0.1) is 5.92 Å². The molecule has 17 heteroatoms. The third-order valence-electron chi connectivity index (χ3n) is 11.1. The van der Waals surface area contributed by atoms with Gasteiger partial charge < -0.3 is 51.5 Å². The van der Waals surface area contributed by atoms with Crippen molar-refractivity contribution in [1.29, 1.82) is 0 Å². The monoisotopic (exact) mass is 840 g/mol. The second kappa shape index (κ2) is 20.1. The standard InChI is InChI=1S/C44H52N6O11/c1-24(46-42(58)34(23-51)49(3)37(54)20-26-10-13-29(14-11-26)28-8-6-5-7-9-28)40(56)45-22-38(55)50(4)39-30-15-17-36(53)32(21-30)31-18-27(12-16-35(31)52)19-33(44(60)61)48-41(57)25(2)47-43(39)59/h5-15,17-18,24-25,30,33-35,39,51-53H,16,19-23H2,1-4H3,(H,45,56)(H,46,58)(H,47,59)(H,48,57)(H,60,61)/t24-,25+,30+,33+,34-,35+,39+/m1/s1. The van der Waals surface area contributed by atoms with Crippen LogP contribution in [-0.2, 0) is 40.0 Å². The van der Waals surface area contributed by atoms with E-state index in [1.807, 2.05) is 42.5 Å². The number of likely N-dealkylation sites (N-methyl/N-ethyl adjacent to an activating group) is 2. The molecule has 0 spiro atoms. The van der Waals surface area contributed by atoms with Gasteiger partial charge in [-0.25, -0.2) is 4.79 Å². The van der Waals surface area contributed by atoms with E-state index in [1.165, 1.54) is 40.1 Å². The molecule has 5 rings (SSSR count). The van der Waals surface area contributed by atoms with Gasteiger partial charge in [-0.1, -0.05) is 72.8 Å². The molecular formula is C44H52N6O11. The number of aliphatic hydroxyl groups is 3. The molecule has 0 radical (unpaired) electrons. The summed E-state index contributed by atoms with van der Waals surface area (Å²) in [5.41, 5.74) is 3.76. The third-order valence-corrected chi connectivity index (χ3v) is 11.1. The minimum atomic E-state index is -1.38. The molecule has 17 nitrogen and oxygen atoms in total. The normalized spacial score (nSPS) is 22.5. The van der Waals surface area contributed by atoms with Crippen LogP contribution in [0.15, 0.2) is 101 Å². The summed E-state index contributed by atoms with van der Waals surface area (Å²) < 4.78 is 0. The van der Waals surface area contributed by atoms with Crippen LogP contribution >= 0.6 is 0 Å². The second-order valence-electron chi connectivity index (χ2n) is 15.4. The number of hydrogen-bond donors (Lipinski definition) is 8. The fourth-order valence-corrected chi connectivity index (χ4v) is 7.41. The lowest BCUT2D eigenvalue weighted by Crippen LogP contribution is -2.58. The van der Waals surface area contributed by atoms with Crippen LogP contribution in [0.1, 0.15) is 38.7 Å². The van der Waals surface area contributed by atoms with Crippen LogP contribution in [0.5, 0.6) is 0 Å². The largest absolute Gasteiger partial charge is 0.508 e. The molecule has 0 saturated heterocycles. The molecule has 2 aromatic carbocycles. The molecule has 324 valence electrons. The van der Waals surface area contributed by atoms with Crippen LogP contribution < -0.4 is 21.3 Å². The Hall–Kier alpha value is -6.59. The number of rotatable bonds is 12. The van der Waals surface area contributed by atoms with Crippen molar-refractivity contribution in [1.82, 2.24) is 31.1 Å². The van der Waals surface area contributed by atoms with Crippen molar-refractivity contribution in [3.05, 3.63) is 107 Å². The van der Waals surface area contributed by atoms with Crippen molar-refractivity contribution < 1.29 is 54.0 Å². The molecule has 0 saturated carbocycles. The minimum Gasteiger partial charge on any atom is -0.508 e. The van der Waals surface area contributed by atoms with E-state index >= 15 is 0 Å². The molecule has 1 heterocycles. The number of carboxylic acids is 1. The summed E-state index contributed by atoms with van der Waals surface area (Å²) in [6.45, 7) is 1.33. The number of aliphatic carboxylic acids is 1. The SMILES string of the molecule is C[C@@H]1NC(=O)[C@@H](N(C)C(=O)CNC(=O)[C@@H](C)NC(=O)[C@@H](CO)N(C)C(=O)Cc2ccc(-c3ccccc3)cc2)[C@H]2C=CC(O)=C(C2)C2=CC(=CC[C@@H]2O)C[C@@H](C(=O)O)NC1=O. The van der Waals surface area contributed by atoms with Gasteiger partial charge in [0.2, 0.25) is 35.4 Å². The van der Waals surface area contributed by atoms with Crippen molar-refractivity contribution in [2.75, 3.05) is 27.2 Å². The first-order chi connectivity index (χ1) is 29.0. The molecule has 8 N–H and O–H groups in total. The average Bonchev–Trinajstić information content (AvgIpc) is 3.23. The second-order valence-corrected chi connectivity index (χ2v) is 15.4. The Morgan fingerprint density at radius 3 is 2.23 bits per heavy atom. The molecule has 1 aliphatic heterocycles. The Morgan fingerprint density at radius 1 is 0.902 bits per heavy atom. The molecule has 2 aromatic rings. The summed E-state index contributed by atoms with van der Waals surface area (Å²) in [4.78, 5) is 94.5. The van der Waals surface area contributed by atoms with E-state index in [-0.39, 0.29) is 37.0 Å². The van der Waals surface area contributed by atoms with E-state index in [2.05, 4.69) is 21.3 Å². The van der Waals surface area contributed by atoms with E-state index in [4.69, 9.17) is 0 Å². The van der Waals surface area contributed by atoms with Crippen molar-refractivity contribution in [2.45, 2.75) is 75.8 Å². The minimum absolute atomic E-state index is 0.0317. The highest BCUT2D eigenvalue weighted by Gasteiger charge is 2.39. The number of carboxylic acid groups (broad SMARTS) is 1. The lowest BCUT2D eigenvalue weighted by atomic mass is 9.79. The molecule has 7 atom stereocenters. The number of benzene rings is 2. The highest BCUT2D eigenvalue weighted by atomic mass is 16.4. The van der Waals surface area contributed by atoms with Crippen molar-refractivity contribution in [3.63, 3.8) is 0 Å². The van der Waals surface area contributed by atoms with Gasteiger partial charge in [0.05, 0.1) is 25.7 Å². The Bertz CT molecular complexity index is 2150. The number of carbonyl (C=O) groups excluding carboxylic acids is 6. The van der Waals surface area contributed by atoms with Gasteiger partial charge in [-0.3, -0.25) is 28.8 Å². The summed E-state index contributed by atoms with van der Waals surface area (Å²) in [6.07, 6.45) is 4.89. The van der Waals surface area contributed by atoms with Crippen LogP contribution in [0.25, 0.3) is 11.1 Å². The van der Waals surface area contributed by atoms with Crippen LogP contribution in [0.3, 0.4) is 0 Å². The summed E-state index contributed by atoms with van der Waals surface area (Å²) in [6, 6.07) is 10.6. The Labute approximate surface area is 352 Å². The van der Waals surface area contributed by atoms with Gasteiger partial charge in [0.25, 0.3) is 0 Å². The molecule has 0 fully saturated rings. The number of carbonyl (C=O) groups is 7. The number of aliphatic hydroxyl groups excluding tert-OH is 3. The molecule has 0 unspecified atom stereocenters. The molecule has 3 aliphatic rings. The van der Waals surface area contributed by atoms with Crippen LogP contribution in [-0.4, -0.2) is 135 Å². The van der Waals surface area contributed by atoms with Gasteiger partial charge >= 0.3 is 5.97 Å². The first kappa shape index (κ1) is 45.5. The molecule has 6 amide bonds. The van der Waals surface area contributed by atoms with Gasteiger partial charge in [-0.15, -0.1) is 0 Å². The summed E-state index contributed by atoms with van der Waals surface area (Å²) >= 11 is 0. The Balaban J connectivity index is 1.23. The van der Waals surface area contributed by atoms with Crippen molar-refractivity contribution in [3.8, 4) is 11.1 Å². The molecular weight excluding hydrogens is 789 g/mol. The fourth-order valence-electron chi connectivity index (χ4n) is 7.41.